The lowest BCUT2D eigenvalue weighted by molar-refractivity contribution is 0.408. The first-order valence-corrected chi connectivity index (χ1v) is 5.08. The molecule has 1 aromatic rings. The second-order valence-electron chi connectivity index (χ2n) is 3.57. The van der Waals surface area contributed by atoms with Gasteiger partial charge in [-0.3, -0.25) is 4.39 Å². The molecule has 0 nitrogen and oxygen atoms in total. The lowest BCUT2D eigenvalue weighted by Crippen LogP contribution is -2.25. The van der Waals surface area contributed by atoms with Gasteiger partial charge < -0.3 is 0 Å². The first kappa shape index (κ1) is 6.84. The number of hydrogen-bond acceptors (Lipinski definition) is 1. The summed E-state index contributed by atoms with van der Waals surface area (Å²) in [4.78, 5) is 1.37. The van der Waals surface area contributed by atoms with E-state index in [1.54, 1.807) is 11.3 Å². The molecule has 0 aliphatic heterocycles. The number of alkyl halides is 1. The predicted octanol–water partition coefficient (Wildman–Crippen LogP) is 3.27. The Morgan fingerprint density at radius 3 is 3.25 bits per heavy atom. The molecule has 0 bridgehead atoms. The topological polar surface area (TPSA) is 0 Å². The number of hydrogen-bond donors (Lipinski definition) is 0. The Balaban J connectivity index is 2.07. The van der Waals surface area contributed by atoms with Gasteiger partial charge in [-0.1, -0.05) is 0 Å². The highest BCUT2D eigenvalue weighted by Crippen LogP contribution is 2.60. The van der Waals surface area contributed by atoms with Crippen molar-refractivity contribution in [3.63, 3.8) is 0 Å². The molecule has 12 heavy (non-hydrogen) atoms. The van der Waals surface area contributed by atoms with Crippen molar-refractivity contribution in [2.45, 2.75) is 13.3 Å². The van der Waals surface area contributed by atoms with Crippen LogP contribution in [0.25, 0.3) is 11.1 Å². The maximum absolute atomic E-state index is 12.4. The van der Waals surface area contributed by atoms with Crippen LogP contribution in [-0.4, -0.2) is 6.67 Å². The van der Waals surface area contributed by atoms with E-state index in [1.807, 2.05) is 0 Å². The molecule has 1 heterocycles. The summed E-state index contributed by atoms with van der Waals surface area (Å²) in [7, 11) is 0. The van der Waals surface area contributed by atoms with Gasteiger partial charge in [-0.15, -0.1) is 11.3 Å². The molecule has 0 radical (unpaired) electrons. The van der Waals surface area contributed by atoms with Crippen molar-refractivity contribution in [1.82, 2.24) is 0 Å². The SMILES string of the molecule is Cc1csc2c1C1=C2C(CF)C1. The van der Waals surface area contributed by atoms with Gasteiger partial charge >= 0.3 is 0 Å². The van der Waals surface area contributed by atoms with Gasteiger partial charge in [0.25, 0.3) is 0 Å². The Kier molecular flexibility index (Phi) is 1.14. The molecule has 0 saturated heterocycles. The lowest BCUT2D eigenvalue weighted by Gasteiger charge is -2.40. The van der Waals surface area contributed by atoms with Crippen molar-refractivity contribution >= 4 is 22.5 Å². The monoisotopic (exact) mass is 180 g/mol. The Morgan fingerprint density at radius 2 is 2.50 bits per heavy atom. The molecular formula is C10H9FS. The molecule has 0 spiro atoms. The third kappa shape index (κ3) is 0.556. The van der Waals surface area contributed by atoms with E-state index < -0.39 is 0 Å². The highest BCUT2D eigenvalue weighted by Gasteiger charge is 2.42. The van der Waals surface area contributed by atoms with Crippen LogP contribution >= 0.6 is 11.3 Å². The van der Waals surface area contributed by atoms with Gasteiger partial charge in [0.2, 0.25) is 0 Å². The van der Waals surface area contributed by atoms with Crippen LogP contribution in [0.3, 0.4) is 0 Å². The zero-order valence-corrected chi connectivity index (χ0v) is 7.67. The van der Waals surface area contributed by atoms with Crippen LogP contribution in [0.1, 0.15) is 22.4 Å². The normalized spacial score (nSPS) is 24.3. The average molecular weight is 180 g/mol. The van der Waals surface area contributed by atoms with E-state index in [0.29, 0.717) is 0 Å². The van der Waals surface area contributed by atoms with Gasteiger partial charge in [0, 0.05) is 10.8 Å². The molecule has 0 N–H and O–H groups in total. The molecule has 62 valence electrons. The summed E-state index contributed by atoms with van der Waals surface area (Å²) in [5.74, 6) is 0.241. The van der Waals surface area contributed by atoms with Crippen LogP contribution in [0.4, 0.5) is 4.39 Å². The number of allylic oxidation sites excluding steroid dienone is 2. The fraction of sp³-hybridized carbons (Fsp3) is 0.400. The van der Waals surface area contributed by atoms with E-state index in [9.17, 15) is 4.39 Å². The fourth-order valence-corrected chi connectivity index (χ4v) is 3.45. The molecule has 2 aliphatic carbocycles. The summed E-state index contributed by atoms with van der Waals surface area (Å²) in [6.07, 6.45) is 0.983. The molecule has 1 unspecified atom stereocenters. The molecule has 2 heteroatoms. The van der Waals surface area contributed by atoms with Crippen LogP contribution in [-0.2, 0) is 0 Å². The molecule has 1 aromatic heterocycles. The van der Waals surface area contributed by atoms with Gasteiger partial charge in [-0.25, -0.2) is 0 Å². The Labute approximate surface area is 74.7 Å². The number of thiophene rings is 1. The van der Waals surface area contributed by atoms with Crippen molar-refractivity contribution in [1.29, 1.82) is 0 Å². The van der Waals surface area contributed by atoms with Gasteiger partial charge in [0.1, 0.15) is 0 Å². The first-order valence-electron chi connectivity index (χ1n) is 4.20. The second-order valence-corrected chi connectivity index (χ2v) is 4.45. The van der Waals surface area contributed by atoms with Crippen molar-refractivity contribution in [2.75, 3.05) is 6.67 Å². The highest BCUT2D eigenvalue weighted by molar-refractivity contribution is 7.12. The van der Waals surface area contributed by atoms with Crippen LogP contribution in [0, 0.1) is 12.8 Å². The summed E-state index contributed by atoms with van der Waals surface area (Å²) >= 11 is 1.78. The fourth-order valence-electron chi connectivity index (χ4n) is 2.22. The average Bonchev–Trinajstić information content (AvgIpc) is 2.31. The molecule has 1 atom stereocenters. The number of halogens is 1. The largest absolute Gasteiger partial charge is 0.250 e. The zero-order valence-electron chi connectivity index (χ0n) is 6.86. The van der Waals surface area contributed by atoms with Gasteiger partial charge in [-0.2, -0.15) is 0 Å². The van der Waals surface area contributed by atoms with E-state index >= 15 is 0 Å². The van der Waals surface area contributed by atoms with Crippen molar-refractivity contribution < 1.29 is 4.39 Å². The van der Waals surface area contributed by atoms with Crippen molar-refractivity contribution in [2.24, 2.45) is 5.92 Å². The predicted molar refractivity (Wildman–Crippen MR) is 50.0 cm³/mol. The maximum Gasteiger partial charge on any atom is 0.0966 e. The number of rotatable bonds is 1. The summed E-state index contributed by atoms with van der Waals surface area (Å²) in [5, 5.41) is 2.18. The molecule has 3 rings (SSSR count). The van der Waals surface area contributed by atoms with E-state index in [2.05, 4.69) is 12.3 Å². The number of fused-ring (bicyclic) bond motifs is 3. The second kappa shape index (κ2) is 1.99. The van der Waals surface area contributed by atoms with Crippen LogP contribution in [0.15, 0.2) is 5.38 Å². The molecule has 2 aliphatic rings. The summed E-state index contributed by atoms with van der Waals surface area (Å²) < 4.78 is 12.4. The molecule has 0 aromatic carbocycles. The quantitative estimate of drug-likeness (QED) is 0.622. The van der Waals surface area contributed by atoms with Crippen LogP contribution < -0.4 is 0 Å². The van der Waals surface area contributed by atoms with Gasteiger partial charge in [-0.05, 0) is 41.0 Å². The van der Waals surface area contributed by atoms with Crippen molar-refractivity contribution in [3.8, 4) is 0 Å². The van der Waals surface area contributed by atoms with Crippen LogP contribution in [0.2, 0.25) is 0 Å². The summed E-state index contributed by atoms with van der Waals surface area (Å²) in [5.41, 5.74) is 5.61. The lowest BCUT2D eigenvalue weighted by atomic mass is 9.65. The molecule has 0 fully saturated rings. The Hall–Kier alpha value is -0.630. The Bertz CT molecular complexity index is 387. The molecule has 0 saturated carbocycles. The number of aryl methyl sites for hydroxylation is 1. The summed E-state index contributed by atoms with van der Waals surface area (Å²) in [6, 6.07) is 0. The van der Waals surface area contributed by atoms with E-state index in [4.69, 9.17) is 0 Å². The third-order valence-corrected chi connectivity index (χ3v) is 4.02. The van der Waals surface area contributed by atoms with E-state index in [-0.39, 0.29) is 12.6 Å². The minimum absolute atomic E-state index is 0.171. The molecular weight excluding hydrogens is 171 g/mol. The van der Waals surface area contributed by atoms with Crippen molar-refractivity contribution in [3.05, 3.63) is 21.4 Å². The smallest absolute Gasteiger partial charge is 0.0966 e. The van der Waals surface area contributed by atoms with Gasteiger partial charge in [0.05, 0.1) is 6.67 Å². The third-order valence-electron chi connectivity index (χ3n) is 2.89. The minimum atomic E-state index is -0.171. The summed E-state index contributed by atoms with van der Waals surface area (Å²) in [6.45, 7) is 1.97. The maximum atomic E-state index is 12.4. The standard InChI is InChI=1S/C10H9FS/c1-5-4-12-10-8(5)7-2-6(3-11)9(7)10/h4,6H,2-3H2,1H3. The van der Waals surface area contributed by atoms with Gasteiger partial charge in [0.15, 0.2) is 0 Å². The van der Waals surface area contributed by atoms with Crippen LogP contribution in [0.5, 0.6) is 0 Å². The first-order chi connectivity index (χ1) is 5.83. The van der Waals surface area contributed by atoms with E-state index in [1.165, 1.54) is 27.2 Å². The highest BCUT2D eigenvalue weighted by atomic mass is 32.1. The van der Waals surface area contributed by atoms with E-state index in [0.717, 1.165) is 6.42 Å². The Morgan fingerprint density at radius 1 is 1.67 bits per heavy atom. The minimum Gasteiger partial charge on any atom is -0.250 e. The zero-order chi connectivity index (χ0) is 8.29. The molecule has 0 amide bonds.